The summed E-state index contributed by atoms with van der Waals surface area (Å²) in [5.74, 6) is 1.77. The number of nitrogens with zero attached hydrogens (tertiary/aromatic N) is 1. The molecule has 0 aliphatic carbocycles. The third-order valence-electron chi connectivity index (χ3n) is 3.21. The number of aromatic nitrogens is 1. The highest BCUT2D eigenvalue weighted by molar-refractivity contribution is 7.22. The fourth-order valence-corrected chi connectivity index (χ4v) is 3.09. The zero-order chi connectivity index (χ0) is 15.5. The Kier molecular flexibility index (Phi) is 4.02. The molecule has 2 aromatic carbocycles. The molecule has 0 amide bonds. The fourth-order valence-electron chi connectivity index (χ4n) is 2.20. The monoisotopic (exact) mass is 316 g/mol. The van der Waals surface area contributed by atoms with E-state index in [9.17, 15) is 0 Å². The standard InChI is InChI=1S/C16H16N2O3S/c1-19-12-8-10(9-13(20-2)15(12)21-3)17-16-18-11-6-4-5-7-14(11)22-16/h4-9H,1-3H3,(H,17,18). The Morgan fingerprint density at radius 1 is 0.955 bits per heavy atom. The molecule has 1 N–H and O–H groups in total. The van der Waals surface area contributed by atoms with Crippen LogP contribution in [-0.4, -0.2) is 26.3 Å². The molecule has 1 heterocycles. The van der Waals surface area contributed by atoms with Crippen LogP contribution in [0.4, 0.5) is 10.8 Å². The van der Waals surface area contributed by atoms with E-state index in [0.29, 0.717) is 17.2 Å². The normalized spacial score (nSPS) is 10.5. The Balaban J connectivity index is 1.97. The first-order valence-corrected chi connectivity index (χ1v) is 7.49. The van der Waals surface area contributed by atoms with Crippen molar-refractivity contribution in [1.82, 2.24) is 4.98 Å². The second-order valence-corrected chi connectivity index (χ2v) is 5.56. The van der Waals surface area contributed by atoms with Gasteiger partial charge in [-0.1, -0.05) is 23.5 Å². The molecular weight excluding hydrogens is 300 g/mol. The average molecular weight is 316 g/mol. The molecule has 0 spiro atoms. The molecular formula is C16H16N2O3S. The number of rotatable bonds is 5. The van der Waals surface area contributed by atoms with Crippen LogP contribution in [0.1, 0.15) is 0 Å². The van der Waals surface area contributed by atoms with Crippen molar-refractivity contribution in [1.29, 1.82) is 0 Å². The van der Waals surface area contributed by atoms with E-state index < -0.39 is 0 Å². The van der Waals surface area contributed by atoms with Crippen LogP contribution in [0.15, 0.2) is 36.4 Å². The predicted octanol–water partition coefficient (Wildman–Crippen LogP) is 4.07. The van der Waals surface area contributed by atoms with E-state index in [1.165, 1.54) is 0 Å². The molecule has 0 unspecified atom stereocenters. The zero-order valence-electron chi connectivity index (χ0n) is 12.5. The summed E-state index contributed by atoms with van der Waals surface area (Å²) in [5.41, 5.74) is 1.80. The number of para-hydroxylation sites is 1. The Morgan fingerprint density at radius 3 is 2.23 bits per heavy atom. The summed E-state index contributed by atoms with van der Waals surface area (Å²) in [4.78, 5) is 4.56. The third-order valence-corrected chi connectivity index (χ3v) is 4.16. The van der Waals surface area contributed by atoms with Crippen LogP contribution in [0.5, 0.6) is 17.2 Å². The van der Waals surface area contributed by atoms with Crippen LogP contribution >= 0.6 is 11.3 Å². The summed E-state index contributed by atoms with van der Waals surface area (Å²) in [5, 5.41) is 4.10. The molecule has 0 fully saturated rings. The molecule has 1 aromatic heterocycles. The minimum atomic E-state index is 0.569. The highest BCUT2D eigenvalue weighted by Crippen LogP contribution is 2.41. The van der Waals surface area contributed by atoms with Crippen molar-refractivity contribution in [2.45, 2.75) is 0 Å². The van der Waals surface area contributed by atoms with Crippen molar-refractivity contribution < 1.29 is 14.2 Å². The Morgan fingerprint density at radius 2 is 1.64 bits per heavy atom. The van der Waals surface area contributed by atoms with Gasteiger partial charge in [0.25, 0.3) is 0 Å². The van der Waals surface area contributed by atoms with Gasteiger partial charge in [-0.15, -0.1) is 0 Å². The van der Waals surface area contributed by atoms with E-state index in [-0.39, 0.29) is 0 Å². The molecule has 5 nitrogen and oxygen atoms in total. The lowest BCUT2D eigenvalue weighted by Crippen LogP contribution is -1.97. The molecule has 0 aliphatic heterocycles. The summed E-state index contributed by atoms with van der Waals surface area (Å²) in [6.07, 6.45) is 0. The molecule has 6 heteroatoms. The van der Waals surface area contributed by atoms with E-state index in [2.05, 4.69) is 10.3 Å². The lowest BCUT2D eigenvalue weighted by Gasteiger charge is -2.14. The van der Waals surface area contributed by atoms with Crippen molar-refractivity contribution >= 4 is 32.4 Å². The van der Waals surface area contributed by atoms with Crippen molar-refractivity contribution in [3.05, 3.63) is 36.4 Å². The van der Waals surface area contributed by atoms with Gasteiger partial charge in [-0.2, -0.15) is 0 Å². The Bertz CT molecular complexity index is 743. The van der Waals surface area contributed by atoms with Gasteiger partial charge < -0.3 is 19.5 Å². The number of ether oxygens (including phenoxy) is 3. The van der Waals surface area contributed by atoms with E-state index in [4.69, 9.17) is 14.2 Å². The van der Waals surface area contributed by atoms with Crippen LogP contribution < -0.4 is 19.5 Å². The summed E-state index contributed by atoms with van der Waals surface area (Å²) in [6, 6.07) is 11.7. The maximum Gasteiger partial charge on any atom is 0.203 e. The quantitative estimate of drug-likeness (QED) is 0.769. The van der Waals surface area contributed by atoms with Crippen LogP contribution in [-0.2, 0) is 0 Å². The van der Waals surface area contributed by atoms with Crippen LogP contribution in [0.25, 0.3) is 10.2 Å². The topological polar surface area (TPSA) is 52.6 Å². The second kappa shape index (κ2) is 6.11. The second-order valence-electron chi connectivity index (χ2n) is 4.53. The molecule has 0 aliphatic rings. The molecule has 0 radical (unpaired) electrons. The van der Waals surface area contributed by atoms with Gasteiger partial charge in [0, 0.05) is 17.8 Å². The molecule has 114 valence electrons. The number of hydrogen-bond acceptors (Lipinski definition) is 6. The number of nitrogens with one attached hydrogen (secondary N) is 1. The number of methoxy groups -OCH3 is 3. The first kappa shape index (κ1) is 14.5. The zero-order valence-corrected chi connectivity index (χ0v) is 13.4. The van der Waals surface area contributed by atoms with Gasteiger partial charge in [-0.3, -0.25) is 0 Å². The lowest BCUT2D eigenvalue weighted by molar-refractivity contribution is 0.324. The first-order chi connectivity index (χ1) is 10.7. The molecule has 3 rings (SSSR count). The van der Waals surface area contributed by atoms with E-state index in [1.807, 2.05) is 36.4 Å². The van der Waals surface area contributed by atoms with E-state index >= 15 is 0 Å². The van der Waals surface area contributed by atoms with Gasteiger partial charge in [0.15, 0.2) is 16.6 Å². The van der Waals surface area contributed by atoms with Gasteiger partial charge in [0.2, 0.25) is 5.75 Å². The predicted molar refractivity (Wildman–Crippen MR) is 89.0 cm³/mol. The lowest BCUT2D eigenvalue weighted by atomic mass is 10.2. The largest absolute Gasteiger partial charge is 0.493 e. The maximum absolute atomic E-state index is 5.35. The molecule has 0 saturated carbocycles. The molecule has 0 bridgehead atoms. The van der Waals surface area contributed by atoms with E-state index in [0.717, 1.165) is 21.0 Å². The smallest absolute Gasteiger partial charge is 0.203 e. The van der Waals surface area contributed by atoms with Crippen molar-refractivity contribution in [2.75, 3.05) is 26.6 Å². The number of hydrogen-bond donors (Lipinski definition) is 1. The van der Waals surface area contributed by atoms with Gasteiger partial charge in [-0.05, 0) is 12.1 Å². The maximum atomic E-state index is 5.35. The SMILES string of the molecule is COc1cc(Nc2nc3ccccc3s2)cc(OC)c1OC. The Labute approximate surface area is 132 Å². The van der Waals surface area contributed by atoms with E-state index in [1.54, 1.807) is 32.7 Å². The van der Waals surface area contributed by atoms with Crippen molar-refractivity contribution in [2.24, 2.45) is 0 Å². The Hall–Kier alpha value is -2.47. The molecule has 0 atom stereocenters. The number of anilines is 2. The summed E-state index contributed by atoms with van der Waals surface area (Å²) < 4.78 is 17.2. The van der Waals surface area contributed by atoms with Gasteiger partial charge >= 0.3 is 0 Å². The number of fused-ring (bicyclic) bond motifs is 1. The van der Waals surface area contributed by atoms with Gasteiger partial charge in [0.05, 0.1) is 31.5 Å². The summed E-state index contributed by atoms with van der Waals surface area (Å²) in [7, 11) is 4.78. The van der Waals surface area contributed by atoms with Crippen molar-refractivity contribution in [3.63, 3.8) is 0 Å². The summed E-state index contributed by atoms with van der Waals surface area (Å²) in [6.45, 7) is 0. The van der Waals surface area contributed by atoms with Crippen LogP contribution in [0.2, 0.25) is 0 Å². The minimum Gasteiger partial charge on any atom is -0.493 e. The highest BCUT2D eigenvalue weighted by Gasteiger charge is 2.14. The minimum absolute atomic E-state index is 0.569. The third kappa shape index (κ3) is 2.65. The van der Waals surface area contributed by atoms with Gasteiger partial charge in [-0.25, -0.2) is 4.98 Å². The van der Waals surface area contributed by atoms with Gasteiger partial charge in [0.1, 0.15) is 0 Å². The highest BCUT2D eigenvalue weighted by atomic mass is 32.1. The average Bonchev–Trinajstić information content (AvgIpc) is 2.95. The number of thiazole rings is 1. The number of benzene rings is 2. The van der Waals surface area contributed by atoms with Crippen molar-refractivity contribution in [3.8, 4) is 17.2 Å². The van der Waals surface area contributed by atoms with Crippen LogP contribution in [0.3, 0.4) is 0 Å². The first-order valence-electron chi connectivity index (χ1n) is 6.67. The summed E-state index contributed by atoms with van der Waals surface area (Å²) >= 11 is 1.59. The fraction of sp³-hybridized carbons (Fsp3) is 0.188. The van der Waals surface area contributed by atoms with Crippen LogP contribution in [0, 0.1) is 0 Å². The molecule has 22 heavy (non-hydrogen) atoms. The molecule has 0 saturated heterocycles. The molecule has 3 aromatic rings.